The summed E-state index contributed by atoms with van der Waals surface area (Å²) in [6.07, 6.45) is 1.78. The topological polar surface area (TPSA) is 99.2 Å². The standard InChI is InChI=1S/C30H28ClN3O5S2/c1-33(2)14-15-39-25-11-8-21(20-4-3-5-23(31)17-20)16-22(25)18-26-28(36)34(30(40)41-26)13-12-27(35)32-24-9-6-19(7-10-24)29(37)38/h3-11,16-18H,12-15H2,1-2H3,(H,32,35)(H,37,38). The molecular weight excluding hydrogens is 582 g/mol. The van der Waals surface area contributed by atoms with Crippen LogP contribution in [-0.2, 0) is 9.59 Å². The van der Waals surface area contributed by atoms with E-state index in [1.807, 2.05) is 61.5 Å². The molecule has 1 aliphatic rings. The first-order chi connectivity index (χ1) is 19.6. The molecule has 0 radical (unpaired) electrons. The molecule has 0 atom stereocenters. The number of nitrogens with one attached hydrogen (secondary N) is 1. The predicted molar refractivity (Wildman–Crippen MR) is 167 cm³/mol. The molecule has 4 rings (SSSR count). The molecule has 0 spiro atoms. The highest BCUT2D eigenvalue weighted by molar-refractivity contribution is 8.26. The highest BCUT2D eigenvalue weighted by Crippen LogP contribution is 2.36. The number of hydrogen-bond donors (Lipinski definition) is 2. The van der Waals surface area contributed by atoms with E-state index < -0.39 is 5.97 Å². The number of rotatable bonds is 11. The third-order valence-electron chi connectivity index (χ3n) is 6.10. The number of amides is 2. The Morgan fingerprint density at radius 2 is 1.83 bits per heavy atom. The van der Waals surface area contributed by atoms with E-state index in [9.17, 15) is 14.4 Å². The van der Waals surface area contributed by atoms with Crippen LogP contribution in [0.4, 0.5) is 5.69 Å². The van der Waals surface area contributed by atoms with Gasteiger partial charge >= 0.3 is 5.97 Å². The van der Waals surface area contributed by atoms with Crippen molar-refractivity contribution in [2.45, 2.75) is 6.42 Å². The van der Waals surface area contributed by atoms with Gasteiger partial charge in [0.1, 0.15) is 16.7 Å². The van der Waals surface area contributed by atoms with Gasteiger partial charge in [0.2, 0.25) is 5.91 Å². The largest absolute Gasteiger partial charge is 0.492 e. The number of carbonyl (C=O) groups is 3. The van der Waals surface area contributed by atoms with Crippen LogP contribution in [0.1, 0.15) is 22.3 Å². The minimum Gasteiger partial charge on any atom is -0.492 e. The van der Waals surface area contributed by atoms with Gasteiger partial charge in [-0.3, -0.25) is 14.5 Å². The first-order valence-electron chi connectivity index (χ1n) is 12.7. The highest BCUT2D eigenvalue weighted by atomic mass is 35.5. The van der Waals surface area contributed by atoms with Crippen molar-refractivity contribution in [2.24, 2.45) is 0 Å². The van der Waals surface area contributed by atoms with E-state index in [1.54, 1.807) is 6.08 Å². The van der Waals surface area contributed by atoms with Gasteiger partial charge in [-0.15, -0.1) is 0 Å². The Balaban J connectivity index is 1.49. The number of carbonyl (C=O) groups excluding carboxylic acids is 2. The minimum atomic E-state index is -1.05. The lowest BCUT2D eigenvalue weighted by Gasteiger charge is -2.15. The number of likely N-dealkylation sites (N-methyl/N-ethyl adjacent to an activating group) is 1. The van der Waals surface area contributed by atoms with Crippen LogP contribution in [0.2, 0.25) is 5.02 Å². The Labute approximate surface area is 252 Å². The maximum Gasteiger partial charge on any atom is 0.335 e. The van der Waals surface area contributed by atoms with Gasteiger partial charge in [0.25, 0.3) is 5.91 Å². The Bertz CT molecular complexity index is 1510. The zero-order valence-electron chi connectivity index (χ0n) is 22.4. The number of carboxylic acid groups (broad SMARTS) is 1. The summed E-state index contributed by atoms with van der Waals surface area (Å²) < 4.78 is 6.41. The SMILES string of the molecule is CN(C)CCOc1ccc(-c2cccc(Cl)c2)cc1C=C1SC(=S)N(CCC(=O)Nc2ccc(C(=O)O)cc2)C1=O. The van der Waals surface area contributed by atoms with Gasteiger partial charge in [0.05, 0.1) is 10.5 Å². The summed E-state index contributed by atoms with van der Waals surface area (Å²) in [5.41, 5.74) is 3.16. The first-order valence-corrected chi connectivity index (χ1v) is 14.3. The maximum absolute atomic E-state index is 13.3. The van der Waals surface area contributed by atoms with E-state index >= 15 is 0 Å². The van der Waals surface area contributed by atoms with E-state index in [4.69, 9.17) is 33.7 Å². The van der Waals surface area contributed by atoms with Crippen LogP contribution in [-0.4, -0.2) is 70.8 Å². The average Bonchev–Trinajstić information content (AvgIpc) is 3.19. The zero-order chi connectivity index (χ0) is 29.5. The fourth-order valence-electron chi connectivity index (χ4n) is 3.95. The number of thiocarbonyl (C=S) groups is 1. The van der Waals surface area contributed by atoms with E-state index in [2.05, 4.69) is 5.32 Å². The van der Waals surface area contributed by atoms with Gasteiger partial charge in [-0.1, -0.05) is 53.8 Å². The summed E-state index contributed by atoms with van der Waals surface area (Å²) in [7, 11) is 3.93. The van der Waals surface area contributed by atoms with E-state index in [0.717, 1.165) is 23.2 Å². The second-order valence-corrected chi connectivity index (χ2v) is 11.5. The van der Waals surface area contributed by atoms with Gasteiger partial charge in [0.15, 0.2) is 0 Å². The Morgan fingerprint density at radius 3 is 2.51 bits per heavy atom. The number of halogens is 1. The molecule has 3 aromatic rings. The van der Waals surface area contributed by atoms with Gasteiger partial charge < -0.3 is 20.1 Å². The molecular formula is C30H28ClN3O5S2. The number of nitrogens with zero attached hydrogens (tertiary/aromatic N) is 2. The van der Waals surface area contributed by atoms with Gasteiger partial charge in [0, 0.05) is 35.8 Å². The molecule has 1 aliphatic heterocycles. The zero-order valence-corrected chi connectivity index (χ0v) is 24.8. The number of carboxylic acids is 1. The number of thioether (sulfide) groups is 1. The molecule has 0 aliphatic carbocycles. The summed E-state index contributed by atoms with van der Waals surface area (Å²) in [6.45, 7) is 1.30. The van der Waals surface area contributed by atoms with Crippen molar-refractivity contribution in [1.82, 2.24) is 9.80 Å². The lowest BCUT2D eigenvalue weighted by Crippen LogP contribution is -2.31. The fourth-order valence-corrected chi connectivity index (χ4v) is 5.44. The lowest BCUT2D eigenvalue weighted by atomic mass is 10.0. The van der Waals surface area contributed by atoms with Gasteiger partial charge in [-0.2, -0.15) is 0 Å². The van der Waals surface area contributed by atoms with Crippen molar-refractivity contribution in [3.63, 3.8) is 0 Å². The summed E-state index contributed by atoms with van der Waals surface area (Å²) in [5, 5.41) is 12.4. The van der Waals surface area contributed by atoms with Gasteiger partial charge in [-0.25, -0.2) is 4.79 Å². The van der Waals surface area contributed by atoms with Crippen LogP contribution in [0, 0.1) is 0 Å². The van der Waals surface area contributed by atoms with E-state index in [-0.39, 0.29) is 30.3 Å². The summed E-state index contributed by atoms with van der Waals surface area (Å²) in [4.78, 5) is 40.7. The summed E-state index contributed by atoms with van der Waals surface area (Å²) in [6, 6.07) is 19.1. The molecule has 1 fully saturated rings. The van der Waals surface area contributed by atoms with Crippen LogP contribution >= 0.6 is 35.6 Å². The second kappa shape index (κ2) is 13.8. The number of benzene rings is 3. The van der Waals surface area contributed by atoms with Crippen LogP contribution in [0.25, 0.3) is 17.2 Å². The molecule has 41 heavy (non-hydrogen) atoms. The molecule has 2 amide bonds. The number of anilines is 1. The highest BCUT2D eigenvalue weighted by Gasteiger charge is 2.32. The smallest absolute Gasteiger partial charge is 0.335 e. The maximum atomic E-state index is 13.3. The number of aromatic carboxylic acids is 1. The fraction of sp³-hybridized carbons (Fsp3) is 0.200. The van der Waals surface area contributed by atoms with Crippen LogP contribution < -0.4 is 10.1 Å². The number of hydrogen-bond acceptors (Lipinski definition) is 7. The average molecular weight is 610 g/mol. The van der Waals surface area contributed by atoms with Gasteiger partial charge in [-0.05, 0) is 79.8 Å². The minimum absolute atomic E-state index is 0.0174. The summed E-state index contributed by atoms with van der Waals surface area (Å²) >= 11 is 12.9. The molecule has 0 bridgehead atoms. The molecule has 8 nitrogen and oxygen atoms in total. The van der Waals surface area contributed by atoms with Crippen LogP contribution in [0.15, 0.2) is 71.6 Å². The van der Waals surface area contributed by atoms with Crippen LogP contribution in [0.3, 0.4) is 0 Å². The third-order valence-corrected chi connectivity index (χ3v) is 7.71. The molecule has 2 N–H and O–H groups in total. The molecule has 1 heterocycles. The molecule has 1 saturated heterocycles. The Hall–Kier alpha value is -3.70. The second-order valence-electron chi connectivity index (χ2n) is 9.43. The molecule has 11 heteroatoms. The van der Waals surface area contributed by atoms with Crippen molar-refractivity contribution in [3.05, 3.63) is 87.8 Å². The Kier molecular flexibility index (Phi) is 10.2. The predicted octanol–water partition coefficient (Wildman–Crippen LogP) is 5.88. The third kappa shape index (κ3) is 8.17. The Morgan fingerprint density at radius 1 is 1.10 bits per heavy atom. The molecule has 3 aromatic carbocycles. The number of ether oxygens (including phenoxy) is 1. The first kappa shape index (κ1) is 30.3. The quantitative estimate of drug-likeness (QED) is 0.206. The van der Waals surface area contributed by atoms with Crippen molar-refractivity contribution in [2.75, 3.05) is 39.1 Å². The van der Waals surface area contributed by atoms with Crippen LogP contribution in [0.5, 0.6) is 5.75 Å². The molecule has 0 unspecified atom stereocenters. The normalized spacial score (nSPS) is 14.1. The molecule has 0 saturated carbocycles. The van der Waals surface area contributed by atoms with Crippen molar-refractivity contribution < 1.29 is 24.2 Å². The van der Waals surface area contributed by atoms with Crippen molar-refractivity contribution in [3.8, 4) is 16.9 Å². The lowest BCUT2D eigenvalue weighted by molar-refractivity contribution is -0.122. The summed E-state index contributed by atoms with van der Waals surface area (Å²) in [5.74, 6) is -1.02. The molecule has 212 valence electrons. The van der Waals surface area contributed by atoms with Crippen molar-refractivity contribution >= 4 is 69.4 Å². The monoisotopic (exact) mass is 609 g/mol. The van der Waals surface area contributed by atoms with Crippen molar-refractivity contribution in [1.29, 1.82) is 0 Å². The van der Waals surface area contributed by atoms with E-state index in [1.165, 1.54) is 40.9 Å². The van der Waals surface area contributed by atoms with E-state index in [0.29, 0.717) is 32.3 Å². The molecule has 0 aromatic heterocycles.